The molecule has 0 bridgehead atoms. The third-order valence-electron chi connectivity index (χ3n) is 2.48. The third-order valence-corrected chi connectivity index (χ3v) is 2.48. The van der Waals surface area contributed by atoms with E-state index in [2.05, 4.69) is 5.32 Å². The number of hydrogen-bond donors (Lipinski definition) is 2. The van der Waals surface area contributed by atoms with E-state index >= 15 is 0 Å². The number of carbonyl (C=O) groups is 1. The third kappa shape index (κ3) is 4.63. The molecule has 18 heavy (non-hydrogen) atoms. The van der Waals surface area contributed by atoms with Gasteiger partial charge in [-0.2, -0.15) is 0 Å². The molecular formula is C13H20N2O3. The number of nitrogens with two attached hydrogens (primary N) is 1. The van der Waals surface area contributed by atoms with Crippen molar-refractivity contribution in [3.8, 4) is 11.5 Å². The van der Waals surface area contributed by atoms with Gasteiger partial charge in [-0.05, 0) is 24.6 Å². The van der Waals surface area contributed by atoms with Crippen molar-refractivity contribution in [3.63, 3.8) is 0 Å². The van der Waals surface area contributed by atoms with Crippen LogP contribution in [0.2, 0.25) is 0 Å². The zero-order valence-electron chi connectivity index (χ0n) is 10.8. The van der Waals surface area contributed by atoms with Gasteiger partial charge in [-0.3, -0.25) is 4.79 Å². The van der Waals surface area contributed by atoms with E-state index in [-0.39, 0.29) is 18.4 Å². The molecule has 0 aliphatic rings. The SMILES string of the molecule is COc1ccccc1OCC(=O)NCC(C)CN. The molecule has 100 valence electrons. The van der Waals surface area contributed by atoms with Gasteiger partial charge >= 0.3 is 0 Å². The Morgan fingerprint density at radius 1 is 1.39 bits per heavy atom. The van der Waals surface area contributed by atoms with Crippen LogP contribution in [-0.4, -0.2) is 32.7 Å². The van der Waals surface area contributed by atoms with E-state index in [1.165, 1.54) is 0 Å². The number of ether oxygens (including phenoxy) is 2. The lowest BCUT2D eigenvalue weighted by atomic mass is 10.2. The Morgan fingerprint density at radius 3 is 2.67 bits per heavy atom. The van der Waals surface area contributed by atoms with Gasteiger partial charge in [0.05, 0.1) is 7.11 Å². The predicted octanol–water partition coefficient (Wildman–Crippen LogP) is 0.785. The fourth-order valence-corrected chi connectivity index (χ4v) is 1.30. The molecule has 5 nitrogen and oxygen atoms in total. The topological polar surface area (TPSA) is 73.6 Å². The van der Waals surface area contributed by atoms with Gasteiger partial charge < -0.3 is 20.5 Å². The van der Waals surface area contributed by atoms with Crippen molar-refractivity contribution < 1.29 is 14.3 Å². The Bertz CT molecular complexity index is 382. The highest BCUT2D eigenvalue weighted by atomic mass is 16.5. The Hall–Kier alpha value is -1.75. The van der Waals surface area contributed by atoms with Gasteiger partial charge in [0, 0.05) is 6.54 Å². The van der Waals surface area contributed by atoms with E-state index < -0.39 is 0 Å². The van der Waals surface area contributed by atoms with Crippen LogP contribution in [0.1, 0.15) is 6.92 Å². The van der Waals surface area contributed by atoms with Crippen LogP contribution in [0.4, 0.5) is 0 Å². The van der Waals surface area contributed by atoms with Gasteiger partial charge in [0.25, 0.3) is 5.91 Å². The summed E-state index contributed by atoms with van der Waals surface area (Å²) < 4.78 is 10.5. The van der Waals surface area contributed by atoms with Crippen molar-refractivity contribution in [2.75, 3.05) is 26.8 Å². The lowest BCUT2D eigenvalue weighted by Crippen LogP contribution is -2.34. The molecule has 0 aromatic heterocycles. The summed E-state index contributed by atoms with van der Waals surface area (Å²) in [7, 11) is 1.56. The largest absolute Gasteiger partial charge is 0.493 e. The highest BCUT2D eigenvalue weighted by Gasteiger charge is 2.07. The molecule has 1 amide bonds. The van der Waals surface area contributed by atoms with E-state index in [4.69, 9.17) is 15.2 Å². The average Bonchev–Trinajstić information content (AvgIpc) is 2.42. The zero-order chi connectivity index (χ0) is 13.4. The summed E-state index contributed by atoms with van der Waals surface area (Å²) in [6.07, 6.45) is 0. The second-order valence-corrected chi connectivity index (χ2v) is 4.08. The molecule has 0 heterocycles. The number of rotatable bonds is 7. The van der Waals surface area contributed by atoms with E-state index in [1.807, 2.05) is 19.1 Å². The summed E-state index contributed by atoms with van der Waals surface area (Å²) in [6, 6.07) is 7.21. The maximum Gasteiger partial charge on any atom is 0.257 e. The van der Waals surface area contributed by atoms with Crippen molar-refractivity contribution in [3.05, 3.63) is 24.3 Å². The average molecular weight is 252 g/mol. The summed E-state index contributed by atoms with van der Waals surface area (Å²) in [4.78, 5) is 11.5. The van der Waals surface area contributed by atoms with Gasteiger partial charge in [-0.25, -0.2) is 0 Å². The number of hydrogen-bond acceptors (Lipinski definition) is 4. The molecule has 0 spiro atoms. The van der Waals surface area contributed by atoms with Crippen LogP contribution in [0.3, 0.4) is 0 Å². The molecule has 1 unspecified atom stereocenters. The molecule has 0 fully saturated rings. The maximum atomic E-state index is 11.5. The van der Waals surface area contributed by atoms with Crippen LogP contribution >= 0.6 is 0 Å². The summed E-state index contributed by atoms with van der Waals surface area (Å²) in [5, 5.41) is 2.76. The van der Waals surface area contributed by atoms with Gasteiger partial charge in [0.1, 0.15) is 0 Å². The normalized spacial score (nSPS) is 11.7. The molecule has 0 aliphatic carbocycles. The van der Waals surface area contributed by atoms with E-state index in [0.29, 0.717) is 24.6 Å². The molecule has 0 saturated carbocycles. The number of para-hydroxylation sites is 2. The number of nitrogens with one attached hydrogen (secondary N) is 1. The minimum atomic E-state index is -0.166. The maximum absolute atomic E-state index is 11.5. The summed E-state index contributed by atoms with van der Waals surface area (Å²) in [5.41, 5.74) is 5.46. The minimum Gasteiger partial charge on any atom is -0.493 e. The number of carbonyl (C=O) groups excluding carboxylic acids is 1. The molecule has 0 radical (unpaired) electrons. The molecular weight excluding hydrogens is 232 g/mol. The smallest absolute Gasteiger partial charge is 0.257 e. The number of methoxy groups -OCH3 is 1. The summed E-state index contributed by atoms with van der Waals surface area (Å²) in [5.74, 6) is 1.27. The monoisotopic (exact) mass is 252 g/mol. The predicted molar refractivity (Wildman–Crippen MR) is 69.7 cm³/mol. The lowest BCUT2D eigenvalue weighted by Gasteiger charge is -2.12. The first-order valence-corrected chi connectivity index (χ1v) is 5.90. The fraction of sp³-hybridized carbons (Fsp3) is 0.462. The first-order chi connectivity index (χ1) is 8.67. The first-order valence-electron chi connectivity index (χ1n) is 5.90. The van der Waals surface area contributed by atoms with Crippen molar-refractivity contribution in [1.82, 2.24) is 5.32 Å². The van der Waals surface area contributed by atoms with Gasteiger partial charge in [0.15, 0.2) is 18.1 Å². The Balaban J connectivity index is 2.38. The molecule has 5 heteroatoms. The molecule has 1 aromatic rings. The van der Waals surface area contributed by atoms with Crippen molar-refractivity contribution in [2.45, 2.75) is 6.92 Å². The molecule has 1 atom stereocenters. The van der Waals surface area contributed by atoms with E-state index in [1.54, 1.807) is 19.2 Å². The van der Waals surface area contributed by atoms with Crippen LogP contribution in [0, 0.1) is 5.92 Å². The molecule has 0 aliphatic heterocycles. The Morgan fingerprint density at radius 2 is 2.06 bits per heavy atom. The van der Waals surface area contributed by atoms with Crippen LogP contribution in [0.25, 0.3) is 0 Å². The van der Waals surface area contributed by atoms with E-state index in [9.17, 15) is 4.79 Å². The molecule has 3 N–H and O–H groups in total. The van der Waals surface area contributed by atoms with Crippen LogP contribution in [-0.2, 0) is 4.79 Å². The quantitative estimate of drug-likeness (QED) is 0.752. The number of amides is 1. The molecule has 1 rings (SSSR count). The standard InChI is InChI=1S/C13H20N2O3/c1-10(7-14)8-15-13(16)9-18-12-6-4-3-5-11(12)17-2/h3-6,10H,7-9,14H2,1-2H3,(H,15,16). The van der Waals surface area contributed by atoms with Crippen molar-refractivity contribution in [1.29, 1.82) is 0 Å². The molecule has 1 aromatic carbocycles. The van der Waals surface area contributed by atoms with Gasteiger partial charge in [0.2, 0.25) is 0 Å². The number of benzene rings is 1. The van der Waals surface area contributed by atoms with E-state index in [0.717, 1.165) is 0 Å². The van der Waals surface area contributed by atoms with Crippen LogP contribution in [0.15, 0.2) is 24.3 Å². The second kappa shape index (κ2) is 7.55. The van der Waals surface area contributed by atoms with Crippen LogP contribution < -0.4 is 20.5 Å². The lowest BCUT2D eigenvalue weighted by molar-refractivity contribution is -0.123. The Kier molecular flexibility index (Phi) is 6.00. The van der Waals surface area contributed by atoms with Crippen LogP contribution in [0.5, 0.6) is 11.5 Å². The molecule has 0 saturated heterocycles. The highest BCUT2D eigenvalue weighted by molar-refractivity contribution is 5.77. The minimum absolute atomic E-state index is 0.0301. The van der Waals surface area contributed by atoms with Crippen molar-refractivity contribution >= 4 is 5.91 Å². The van der Waals surface area contributed by atoms with Crippen molar-refractivity contribution in [2.24, 2.45) is 11.7 Å². The second-order valence-electron chi connectivity index (χ2n) is 4.08. The Labute approximate surface area is 107 Å². The zero-order valence-corrected chi connectivity index (χ0v) is 10.8. The highest BCUT2D eigenvalue weighted by Crippen LogP contribution is 2.25. The van der Waals surface area contributed by atoms with Gasteiger partial charge in [-0.1, -0.05) is 19.1 Å². The van der Waals surface area contributed by atoms with Gasteiger partial charge in [-0.15, -0.1) is 0 Å². The summed E-state index contributed by atoms with van der Waals surface area (Å²) in [6.45, 7) is 3.05. The fourth-order valence-electron chi connectivity index (χ4n) is 1.30. The summed E-state index contributed by atoms with van der Waals surface area (Å²) >= 11 is 0. The first kappa shape index (κ1) is 14.3.